The van der Waals surface area contributed by atoms with Gasteiger partial charge in [-0.3, -0.25) is 0 Å². The van der Waals surface area contributed by atoms with E-state index in [-0.39, 0.29) is 0 Å². The maximum atomic E-state index is 11.3. The van der Waals surface area contributed by atoms with Gasteiger partial charge in [-0.05, 0) is 47.9 Å². The second kappa shape index (κ2) is 22.8. The molecule has 2 aliphatic heterocycles. The Morgan fingerprint density at radius 2 is 0.906 bits per heavy atom. The van der Waals surface area contributed by atoms with Crippen molar-refractivity contribution in [2.45, 2.75) is 156 Å². The Kier molecular flexibility index (Phi) is 16.8. The lowest BCUT2D eigenvalue weighted by Gasteiger charge is -2.18. The molecule has 0 bridgehead atoms. The van der Waals surface area contributed by atoms with Crippen LogP contribution in [-0.2, 0) is 31.8 Å². The van der Waals surface area contributed by atoms with Gasteiger partial charge in [-0.1, -0.05) is 130 Å². The molecule has 2 aromatic carbocycles. The first kappa shape index (κ1) is 47.1. The van der Waals surface area contributed by atoms with Crippen LogP contribution in [-0.4, -0.2) is 43.9 Å². The molecule has 0 aliphatic carbocycles. The second-order valence-electron chi connectivity index (χ2n) is 17.7. The van der Waals surface area contributed by atoms with E-state index in [1.54, 1.807) is 22.7 Å². The molecule has 2 saturated heterocycles. The van der Waals surface area contributed by atoms with Crippen LogP contribution < -0.4 is 0 Å². The van der Waals surface area contributed by atoms with Crippen molar-refractivity contribution in [3.63, 3.8) is 0 Å². The van der Waals surface area contributed by atoms with Gasteiger partial charge < -0.3 is 18.9 Å². The van der Waals surface area contributed by atoms with Crippen molar-refractivity contribution < 1.29 is 18.9 Å². The van der Waals surface area contributed by atoms with Crippen LogP contribution in [0.5, 0.6) is 0 Å². The molecule has 8 rings (SSSR count). The summed E-state index contributed by atoms with van der Waals surface area (Å²) in [6.45, 7) is 11.3. The van der Waals surface area contributed by atoms with Gasteiger partial charge in [0.15, 0.2) is 12.6 Å². The number of unbranched alkanes of at least 4 members (excludes halogenated alkanes) is 8. The summed E-state index contributed by atoms with van der Waals surface area (Å²) in [4.78, 5) is 3.98. The Morgan fingerprint density at radius 3 is 1.28 bits per heavy atom. The van der Waals surface area contributed by atoms with Crippen LogP contribution in [0.4, 0.5) is 0 Å². The summed E-state index contributed by atoms with van der Waals surface area (Å²) in [5.74, 6) is 1.09. The second-order valence-corrected chi connectivity index (χ2v) is 20.9. The van der Waals surface area contributed by atoms with Crippen molar-refractivity contribution in [2.75, 3.05) is 26.4 Å². The van der Waals surface area contributed by atoms with Crippen LogP contribution in [0, 0.1) is 34.5 Å². The number of ether oxygens (including phenoxy) is 4. The molecule has 340 valence electrons. The number of hydrogen-bond donors (Lipinski definition) is 0. The van der Waals surface area contributed by atoms with Gasteiger partial charge in [0, 0.05) is 31.7 Å². The molecule has 14 heteroatoms. The SMILES string of the molecule is CCCCCCC(CCCC)Cc1cc(-c2c(C#N)c3c4nsnc4c(-c4cc(CC(CCCC)CCCCCC)c(C5OCCO5)s4)c(C#N)c3c3nsnc23)sc1C1OCCO1. The zero-order valence-corrected chi connectivity index (χ0v) is 41.2. The largest absolute Gasteiger partial charge is 0.345 e. The summed E-state index contributed by atoms with van der Waals surface area (Å²) in [6, 6.07) is 9.73. The molecule has 4 aromatic heterocycles. The molecule has 6 heterocycles. The Balaban J connectivity index is 1.27. The van der Waals surface area contributed by atoms with E-state index in [1.165, 1.54) is 114 Å². The molecule has 0 N–H and O–H groups in total. The molecule has 2 aliphatic rings. The first-order valence-electron chi connectivity index (χ1n) is 24.0. The molecular weight excluding hydrogens is 877 g/mol. The highest BCUT2D eigenvalue weighted by Crippen LogP contribution is 2.51. The molecule has 10 nitrogen and oxygen atoms in total. The maximum absolute atomic E-state index is 11.3. The van der Waals surface area contributed by atoms with Gasteiger partial charge in [0.05, 0.1) is 70.8 Å². The van der Waals surface area contributed by atoms with Gasteiger partial charge in [-0.2, -0.15) is 28.0 Å². The van der Waals surface area contributed by atoms with Crippen LogP contribution in [0.15, 0.2) is 12.1 Å². The zero-order valence-electron chi connectivity index (χ0n) is 38.0. The molecular formula is C50H62N6O4S4. The van der Waals surface area contributed by atoms with E-state index in [1.807, 2.05) is 0 Å². The Bertz CT molecular complexity index is 2390. The summed E-state index contributed by atoms with van der Waals surface area (Å²) in [5, 5.41) is 23.8. The number of nitriles is 2. The topological polar surface area (TPSA) is 136 Å². The molecule has 0 amide bonds. The number of rotatable bonds is 24. The van der Waals surface area contributed by atoms with E-state index in [0.29, 0.717) is 82.2 Å². The lowest BCUT2D eigenvalue weighted by molar-refractivity contribution is -0.0422. The van der Waals surface area contributed by atoms with Crippen LogP contribution >= 0.6 is 46.1 Å². The van der Waals surface area contributed by atoms with E-state index < -0.39 is 12.6 Å². The minimum atomic E-state index is -0.443. The molecule has 2 fully saturated rings. The predicted molar refractivity (Wildman–Crippen MR) is 262 cm³/mol. The summed E-state index contributed by atoms with van der Waals surface area (Å²) < 4.78 is 44.4. The Hall–Kier alpha value is -3.44. The van der Waals surface area contributed by atoms with E-state index in [2.05, 4.69) is 52.0 Å². The molecule has 64 heavy (non-hydrogen) atoms. The third-order valence-electron chi connectivity index (χ3n) is 13.1. The predicted octanol–water partition coefficient (Wildman–Crippen LogP) is 14.8. The summed E-state index contributed by atoms with van der Waals surface area (Å²) in [5.41, 5.74) is 7.21. The number of fused-ring (bicyclic) bond motifs is 5. The van der Waals surface area contributed by atoms with Crippen molar-refractivity contribution in [1.82, 2.24) is 17.5 Å². The number of aromatic nitrogens is 4. The third kappa shape index (κ3) is 10.1. The van der Waals surface area contributed by atoms with Crippen molar-refractivity contribution in [1.29, 1.82) is 10.5 Å². The average molecular weight is 939 g/mol. The first-order valence-corrected chi connectivity index (χ1v) is 27.0. The summed E-state index contributed by atoms with van der Waals surface area (Å²) >= 11 is 5.48. The molecule has 2 unspecified atom stereocenters. The zero-order chi connectivity index (χ0) is 44.4. The fraction of sp³-hybridized carbons (Fsp3) is 0.600. The number of benzene rings is 2. The minimum Gasteiger partial charge on any atom is -0.345 e. The lowest BCUT2D eigenvalue weighted by atomic mass is 9.87. The molecule has 6 aromatic rings. The standard InChI is InChI=1S/C50H62N6O4S4/c1-5-9-13-15-19-31(17-11-7-3)25-33-27-37(61-47(33)49-57-21-22-58-49)39-35(29-51)41-42(45-43(39)53-63-55-45)36(30-52)40(44-46(41)56-64-54-44)38-28-34(48(62-38)50-59-23-24-60-50)26-32(18-12-8-4)20-16-14-10-6-2/h27-28,31-32,49-50H,5-26H2,1-4H3. The van der Waals surface area contributed by atoms with E-state index in [9.17, 15) is 10.5 Å². The monoisotopic (exact) mass is 938 g/mol. The summed E-state index contributed by atoms with van der Waals surface area (Å²) in [6.07, 6.45) is 20.4. The van der Waals surface area contributed by atoms with Gasteiger partial charge in [0.2, 0.25) is 0 Å². The molecule has 0 saturated carbocycles. The van der Waals surface area contributed by atoms with Crippen LogP contribution in [0.3, 0.4) is 0 Å². The first-order chi connectivity index (χ1) is 31.5. The quantitative estimate of drug-likeness (QED) is 0.0539. The van der Waals surface area contributed by atoms with E-state index in [4.69, 9.17) is 36.4 Å². The van der Waals surface area contributed by atoms with Crippen LogP contribution in [0.2, 0.25) is 0 Å². The van der Waals surface area contributed by atoms with E-state index >= 15 is 0 Å². The number of hydrogen-bond acceptors (Lipinski definition) is 14. The number of nitrogens with zero attached hydrogens (tertiary/aromatic N) is 6. The normalized spacial score (nSPS) is 15.8. The molecule has 2 atom stereocenters. The number of thiophene rings is 2. The van der Waals surface area contributed by atoms with E-state index in [0.717, 1.165) is 66.9 Å². The highest BCUT2D eigenvalue weighted by molar-refractivity contribution is 7.16. The van der Waals surface area contributed by atoms with Gasteiger partial charge in [-0.25, -0.2) is 0 Å². The maximum Gasteiger partial charge on any atom is 0.193 e. The highest BCUT2D eigenvalue weighted by atomic mass is 32.1. The third-order valence-corrected chi connectivity index (χ3v) is 16.6. The lowest BCUT2D eigenvalue weighted by Crippen LogP contribution is -2.08. The van der Waals surface area contributed by atoms with Gasteiger partial charge >= 0.3 is 0 Å². The van der Waals surface area contributed by atoms with Crippen molar-refractivity contribution in [3.8, 4) is 33.0 Å². The van der Waals surface area contributed by atoms with Gasteiger partial charge in [-0.15, -0.1) is 22.7 Å². The van der Waals surface area contributed by atoms with Crippen LogP contribution in [0.25, 0.3) is 53.7 Å². The molecule has 0 spiro atoms. The van der Waals surface area contributed by atoms with Crippen molar-refractivity contribution in [3.05, 3.63) is 44.1 Å². The van der Waals surface area contributed by atoms with Crippen molar-refractivity contribution >= 4 is 79.0 Å². The Morgan fingerprint density at radius 1 is 0.531 bits per heavy atom. The smallest absolute Gasteiger partial charge is 0.193 e. The minimum absolute atomic E-state index is 0.438. The van der Waals surface area contributed by atoms with Gasteiger partial charge in [0.1, 0.15) is 34.2 Å². The summed E-state index contributed by atoms with van der Waals surface area (Å²) in [7, 11) is 0. The fourth-order valence-corrected chi connectivity index (χ4v) is 13.4. The molecule has 0 radical (unpaired) electrons. The fourth-order valence-electron chi connectivity index (χ4n) is 9.84. The van der Waals surface area contributed by atoms with Crippen LogP contribution in [0.1, 0.15) is 175 Å². The van der Waals surface area contributed by atoms with Crippen molar-refractivity contribution in [2.24, 2.45) is 11.8 Å². The highest BCUT2D eigenvalue weighted by Gasteiger charge is 2.33. The average Bonchev–Trinajstić information content (AvgIpc) is 4.17. The Labute approximate surface area is 395 Å². The van der Waals surface area contributed by atoms with Gasteiger partial charge in [0.25, 0.3) is 0 Å².